The highest BCUT2D eigenvalue weighted by atomic mass is 16.5. The first-order valence-electron chi connectivity index (χ1n) is 15.9. The van der Waals surface area contributed by atoms with Crippen LogP contribution in [0.3, 0.4) is 0 Å². The second-order valence-electron chi connectivity index (χ2n) is 12.7. The van der Waals surface area contributed by atoms with E-state index in [9.17, 15) is 4.79 Å². The minimum Gasteiger partial charge on any atom is -0.496 e. The Bertz CT molecular complexity index is 1390. The summed E-state index contributed by atoms with van der Waals surface area (Å²) in [5.74, 6) is 4.27. The number of fused-ring (bicyclic) bond motifs is 1. The molecule has 3 aliphatic heterocycles. The van der Waals surface area contributed by atoms with E-state index in [1.165, 1.54) is 71.2 Å². The van der Waals surface area contributed by atoms with Crippen molar-refractivity contribution in [2.75, 3.05) is 60.0 Å². The van der Waals surface area contributed by atoms with Gasteiger partial charge in [0.25, 0.3) is 5.56 Å². The monoisotopic (exact) mass is 573 g/mol. The van der Waals surface area contributed by atoms with Gasteiger partial charge in [-0.2, -0.15) is 0 Å². The third kappa shape index (κ3) is 6.21. The first-order valence-corrected chi connectivity index (χ1v) is 15.9. The van der Waals surface area contributed by atoms with E-state index in [4.69, 9.17) is 9.47 Å². The second kappa shape index (κ2) is 13.1. The zero-order valence-corrected chi connectivity index (χ0v) is 25.6. The molecule has 0 amide bonds. The molecule has 3 saturated heterocycles. The molecular weight excluding hydrogens is 526 g/mol. The van der Waals surface area contributed by atoms with Gasteiger partial charge in [-0.15, -0.1) is 0 Å². The average molecular weight is 574 g/mol. The van der Waals surface area contributed by atoms with Crippen molar-refractivity contribution in [2.45, 2.75) is 45.1 Å². The van der Waals surface area contributed by atoms with Crippen molar-refractivity contribution in [3.8, 4) is 22.6 Å². The average Bonchev–Trinajstić information content (AvgIpc) is 3.04. The van der Waals surface area contributed by atoms with Crippen molar-refractivity contribution in [3.05, 3.63) is 52.7 Å². The Labute approximate surface area is 250 Å². The van der Waals surface area contributed by atoms with Crippen LogP contribution in [0.2, 0.25) is 0 Å². The molecule has 5 heterocycles. The Morgan fingerprint density at radius 2 is 1.50 bits per heavy atom. The fourth-order valence-corrected chi connectivity index (χ4v) is 7.68. The highest BCUT2D eigenvalue weighted by Gasteiger charge is 2.31. The lowest BCUT2D eigenvalue weighted by Crippen LogP contribution is -2.43. The molecule has 0 radical (unpaired) electrons. The predicted octanol–water partition coefficient (Wildman–Crippen LogP) is 4.54. The van der Waals surface area contributed by atoms with E-state index in [1.807, 2.05) is 12.3 Å². The topological polar surface area (TPSA) is 71.9 Å². The number of methoxy groups -OCH3 is 2. The SMILES string of the molecule is COc1cc(-c2cn(C)c(=O)c3cnccc23)cc(OC)c1CN1CCC(C2CCN(CC3CCNCC3)CC2)CC1. The van der Waals surface area contributed by atoms with Gasteiger partial charge in [0.05, 0.1) is 25.2 Å². The maximum atomic E-state index is 12.7. The fraction of sp³-hybridized carbons (Fsp3) is 0.588. The molecule has 3 aromatic rings. The third-order valence-corrected chi connectivity index (χ3v) is 10.2. The number of likely N-dealkylation sites (tertiary alicyclic amines) is 2. The molecule has 2 aromatic heterocycles. The summed E-state index contributed by atoms with van der Waals surface area (Å²) in [4.78, 5) is 22.2. The molecule has 8 heteroatoms. The zero-order chi connectivity index (χ0) is 29.1. The number of pyridine rings is 2. The predicted molar refractivity (Wildman–Crippen MR) is 168 cm³/mol. The van der Waals surface area contributed by atoms with Crippen molar-refractivity contribution in [1.82, 2.24) is 24.7 Å². The van der Waals surface area contributed by atoms with Gasteiger partial charge >= 0.3 is 0 Å². The molecule has 8 nitrogen and oxygen atoms in total. The summed E-state index contributed by atoms with van der Waals surface area (Å²) >= 11 is 0. The van der Waals surface area contributed by atoms with E-state index in [0.717, 1.165) is 71.0 Å². The first kappa shape index (κ1) is 29.1. The highest BCUT2D eigenvalue weighted by Crippen LogP contribution is 2.39. The van der Waals surface area contributed by atoms with Gasteiger partial charge in [0, 0.05) is 44.3 Å². The largest absolute Gasteiger partial charge is 0.496 e. The number of hydrogen-bond donors (Lipinski definition) is 1. The number of nitrogens with zero attached hydrogens (tertiary/aromatic N) is 4. The molecule has 0 atom stereocenters. The van der Waals surface area contributed by atoms with Crippen molar-refractivity contribution < 1.29 is 9.47 Å². The van der Waals surface area contributed by atoms with Crippen LogP contribution in [0.5, 0.6) is 11.5 Å². The van der Waals surface area contributed by atoms with Crippen LogP contribution in [0, 0.1) is 17.8 Å². The number of piperidine rings is 3. The van der Waals surface area contributed by atoms with Gasteiger partial charge in [0.2, 0.25) is 0 Å². The minimum absolute atomic E-state index is 0.0522. The molecule has 0 bridgehead atoms. The summed E-state index contributed by atoms with van der Waals surface area (Å²) < 4.78 is 13.5. The number of aryl methyl sites for hydroxylation is 1. The van der Waals surface area contributed by atoms with Crippen molar-refractivity contribution in [2.24, 2.45) is 24.8 Å². The number of rotatable bonds is 8. The van der Waals surface area contributed by atoms with Crippen LogP contribution in [0.1, 0.15) is 44.1 Å². The molecule has 6 rings (SSSR count). The molecule has 0 aliphatic carbocycles. The van der Waals surface area contributed by atoms with Gasteiger partial charge in [-0.05, 0) is 125 Å². The van der Waals surface area contributed by atoms with Gasteiger partial charge < -0.3 is 24.3 Å². The smallest absolute Gasteiger partial charge is 0.259 e. The van der Waals surface area contributed by atoms with Gasteiger partial charge in [-0.1, -0.05) is 0 Å². The number of ether oxygens (including phenoxy) is 2. The fourth-order valence-electron chi connectivity index (χ4n) is 7.68. The maximum Gasteiger partial charge on any atom is 0.259 e. The lowest BCUT2D eigenvalue weighted by Gasteiger charge is -2.41. The van der Waals surface area contributed by atoms with Gasteiger partial charge in [0.15, 0.2) is 0 Å². The Balaban J connectivity index is 1.10. The Kier molecular flexibility index (Phi) is 9.12. The number of nitrogens with one attached hydrogen (secondary N) is 1. The highest BCUT2D eigenvalue weighted by molar-refractivity contribution is 5.95. The Morgan fingerprint density at radius 3 is 2.12 bits per heavy atom. The molecule has 0 saturated carbocycles. The molecular formula is C34H47N5O3. The Hall–Kier alpha value is -2.94. The van der Waals surface area contributed by atoms with Crippen LogP contribution < -0.4 is 20.3 Å². The van der Waals surface area contributed by atoms with Crippen molar-refractivity contribution >= 4 is 10.8 Å². The van der Waals surface area contributed by atoms with E-state index in [2.05, 4.69) is 32.2 Å². The Morgan fingerprint density at radius 1 is 0.881 bits per heavy atom. The molecule has 3 aliphatic rings. The van der Waals surface area contributed by atoms with Gasteiger partial charge in [-0.25, -0.2) is 0 Å². The molecule has 226 valence electrons. The van der Waals surface area contributed by atoms with Crippen molar-refractivity contribution in [1.29, 1.82) is 0 Å². The van der Waals surface area contributed by atoms with E-state index in [1.54, 1.807) is 38.2 Å². The standard InChI is InChI=1S/C34H47N5O3/c1-37-22-30(28-6-13-36-20-29(28)34(37)40)27-18-32(41-2)31(33(19-27)42-3)23-39-16-9-26(10-17-39)25-7-14-38(15-8-25)21-24-4-11-35-12-5-24/h6,13,18-20,22,24-26,35H,4-5,7-12,14-17,21,23H2,1-3H3. The van der Waals surface area contributed by atoms with Crippen LogP contribution in [0.4, 0.5) is 0 Å². The van der Waals surface area contributed by atoms with Crippen LogP contribution in [0.25, 0.3) is 21.9 Å². The second-order valence-corrected chi connectivity index (χ2v) is 12.7. The minimum atomic E-state index is -0.0522. The summed E-state index contributed by atoms with van der Waals surface area (Å²) in [6, 6.07) is 6.07. The third-order valence-electron chi connectivity index (χ3n) is 10.2. The van der Waals surface area contributed by atoms with Gasteiger partial charge in [0.1, 0.15) is 11.5 Å². The summed E-state index contributed by atoms with van der Waals surface area (Å²) in [6.07, 6.45) is 13.3. The molecule has 1 N–H and O–H groups in total. The normalized spacial score (nSPS) is 20.3. The number of benzene rings is 1. The quantitative estimate of drug-likeness (QED) is 0.424. The number of hydrogen-bond acceptors (Lipinski definition) is 7. The van der Waals surface area contributed by atoms with Crippen molar-refractivity contribution in [3.63, 3.8) is 0 Å². The van der Waals surface area contributed by atoms with E-state index in [-0.39, 0.29) is 5.56 Å². The summed E-state index contributed by atoms with van der Waals surface area (Å²) in [7, 11) is 5.24. The summed E-state index contributed by atoms with van der Waals surface area (Å²) in [5, 5.41) is 4.99. The van der Waals surface area contributed by atoms with Crippen LogP contribution in [-0.4, -0.2) is 79.4 Å². The lowest BCUT2D eigenvalue weighted by atomic mass is 9.78. The number of aromatic nitrogens is 2. The molecule has 3 fully saturated rings. The molecule has 0 spiro atoms. The van der Waals surface area contributed by atoms with Crippen LogP contribution in [0.15, 0.2) is 41.6 Å². The van der Waals surface area contributed by atoms with Gasteiger partial charge in [-0.3, -0.25) is 14.7 Å². The summed E-state index contributed by atoms with van der Waals surface area (Å²) in [6.45, 7) is 9.33. The van der Waals surface area contributed by atoms with E-state index in [0.29, 0.717) is 5.39 Å². The zero-order valence-electron chi connectivity index (χ0n) is 25.6. The van der Waals surface area contributed by atoms with Crippen LogP contribution in [-0.2, 0) is 13.6 Å². The first-order chi connectivity index (χ1) is 20.5. The maximum absolute atomic E-state index is 12.7. The lowest BCUT2D eigenvalue weighted by molar-refractivity contribution is 0.0837. The molecule has 1 aromatic carbocycles. The summed E-state index contributed by atoms with van der Waals surface area (Å²) in [5.41, 5.74) is 2.96. The van der Waals surface area contributed by atoms with Crippen LogP contribution >= 0.6 is 0 Å². The van der Waals surface area contributed by atoms with E-state index < -0.39 is 0 Å². The van der Waals surface area contributed by atoms with E-state index >= 15 is 0 Å². The molecule has 42 heavy (non-hydrogen) atoms. The molecule has 0 unspecified atom stereocenters.